The maximum atomic E-state index is 5.65. The summed E-state index contributed by atoms with van der Waals surface area (Å²) in [5.41, 5.74) is 12.2. The van der Waals surface area contributed by atoms with E-state index in [0.29, 0.717) is 26.8 Å². The van der Waals surface area contributed by atoms with E-state index in [4.69, 9.17) is 23.7 Å². The zero-order valence-corrected chi connectivity index (χ0v) is 32.8. The van der Waals surface area contributed by atoms with Gasteiger partial charge < -0.3 is 23.7 Å². The van der Waals surface area contributed by atoms with E-state index in [0.717, 1.165) is 48.7 Å². The van der Waals surface area contributed by atoms with Crippen molar-refractivity contribution in [2.45, 2.75) is 38.5 Å². The Hall–Kier alpha value is -4.30. The second kappa shape index (κ2) is 22.0. The average molecular weight is 776 g/mol. The molecule has 0 fully saturated rings. The number of halogens is 1. The number of hydrogen-bond donors (Lipinski definition) is 0. The molecule has 5 aromatic rings. The Labute approximate surface area is 324 Å². The van der Waals surface area contributed by atoms with Crippen LogP contribution in [0, 0.1) is 0 Å². The molecular weight excluding hydrogens is 724 g/mol. The Balaban J connectivity index is 1.62. The van der Waals surface area contributed by atoms with Crippen LogP contribution in [-0.2, 0) is 18.9 Å². The molecule has 0 radical (unpaired) electrons. The molecule has 0 saturated carbocycles. The number of allylic oxidation sites excluding steroid dienone is 2. The molecule has 276 valence electrons. The number of methoxy groups -OCH3 is 3. The molecule has 0 amide bonds. The third-order valence-corrected chi connectivity index (χ3v) is 9.68. The Kier molecular flexibility index (Phi) is 16.6. The minimum absolute atomic E-state index is 0.314. The summed E-state index contributed by atoms with van der Waals surface area (Å²) in [4.78, 5) is 0. The Bertz CT molecular complexity index is 1850. The number of unbranched alkanes of at least 4 members (excludes halogenated alkanes) is 2. The monoisotopic (exact) mass is 774 g/mol. The van der Waals surface area contributed by atoms with Crippen LogP contribution in [0.5, 0.6) is 5.75 Å². The van der Waals surface area contributed by atoms with E-state index >= 15 is 0 Å². The van der Waals surface area contributed by atoms with Crippen LogP contribution in [0.15, 0.2) is 138 Å². The molecule has 0 atom stereocenters. The second-order valence-electron chi connectivity index (χ2n) is 12.8. The van der Waals surface area contributed by atoms with Crippen LogP contribution in [0.4, 0.5) is 0 Å². The normalized spacial score (nSPS) is 12.3. The summed E-state index contributed by atoms with van der Waals surface area (Å²) in [5.74, 6) is 0.844. The number of rotatable bonds is 21. The van der Waals surface area contributed by atoms with Gasteiger partial charge >= 0.3 is 0 Å². The molecule has 53 heavy (non-hydrogen) atoms. The zero-order valence-electron chi connectivity index (χ0n) is 31.2. The van der Waals surface area contributed by atoms with Crippen molar-refractivity contribution in [3.8, 4) is 5.75 Å². The highest BCUT2D eigenvalue weighted by Gasteiger charge is 2.18. The first-order valence-electron chi connectivity index (χ1n) is 18.3. The predicted molar refractivity (Wildman–Crippen MR) is 222 cm³/mol. The van der Waals surface area contributed by atoms with Gasteiger partial charge in [0.1, 0.15) is 19.3 Å². The first kappa shape index (κ1) is 39.9. The lowest BCUT2D eigenvalue weighted by atomic mass is 9.84. The Morgan fingerprint density at radius 1 is 0.434 bits per heavy atom. The van der Waals surface area contributed by atoms with Gasteiger partial charge in [0.05, 0.1) is 7.11 Å². The smallest absolute Gasteiger partial charge is 0.146 e. The lowest BCUT2D eigenvalue weighted by Gasteiger charge is -2.20. The van der Waals surface area contributed by atoms with Gasteiger partial charge in [0.2, 0.25) is 0 Å². The molecule has 0 heterocycles. The van der Waals surface area contributed by atoms with E-state index in [-0.39, 0.29) is 0 Å². The summed E-state index contributed by atoms with van der Waals surface area (Å²) in [6, 6.07) is 47.8. The van der Waals surface area contributed by atoms with E-state index < -0.39 is 0 Å². The molecule has 0 unspecified atom stereocenters. The summed E-state index contributed by atoms with van der Waals surface area (Å²) in [6.07, 6.45) is 5.64. The van der Waals surface area contributed by atoms with Gasteiger partial charge in [-0.3, -0.25) is 0 Å². The standard InChI is InChI=1S/C47H51BrO5/c1-49-34-52-32-12-10-18-44(47(39-16-8-5-9-17-39)41-24-28-42(48)29-25-41)36-20-22-40(23-21-36)46(38-14-6-4-7-15-38)45(19-11-13-33-53-35-50-2)37-26-30-43(51-3)31-27-37/h4-9,14-17,20-31H,10-13,18-19,32-35H2,1-3H3/b46-45-,47-44-. The van der Waals surface area contributed by atoms with Crippen LogP contribution in [0.1, 0.15) is 71.9 Å². The van der Waals surface area contributed by atoms with Gasteiger partial charge in [-0.25, -0.2) is 0 Å². The Morgan fingerprint density at radius 3 is 1.23 bits per heavy atom. The van der Waals surface area contributed by atoms with Crippen LogP contribution < -0.4 is 4.74 Å². The molecular formula is C47H51BrO5. The summed E-state index contributed by atoms with van der Waals surface area (Å²) in [6.45, 7) is 1.95. The highest BCUT2D eigenvalue weighted by atomic mass is 79.9. The fraction of sp³-hybridized carbons (Fsp3) is 0.277. The number of hydrogen-bond acceptors (Lipinski definition) is 5. The molecule has 0 bridgehead atoms. The molecule has 5 nitrogen and oxygen atoms in total. The highest BCUT2D eigenvalue weighted by molar-refractivity contribution is 9.10. The van der Waals surface area contributed by atoms with Crippen molar-refractivity contribution in [2.75, 3.05) is 48.1 Å². The summed E-state index contributed by atoms with van der Waals surface area (Å²) in [5, 5.41) is 0. The average Bonchev–Trinajstić information content (AvgIpc) is 3.21. The topological polar surface area (TPSA) is 46.2 Å². The molecule has 0 N–H and O–H groups in total. The predicted octanol–water partition coefficient (Wildman–Crippen LogP) is 12.0. The molecule has 0 aromatic heterocycles. The van der Waals surface area contributed by atoms with Gasteiger partial charge in [-0.05, 0) is 118 Å². The lowest BCUT2D eigenvalue weighted by molar-refractivity contribution is -0.0315. The molecule has 0 aliphatic carbocycles. The third kappa shape index (κ3) is 11.8. The molecule has 5 aromatic carbocycles. The van der Waals surface area contributed by atoms with Crippen LogP contribution in [0.2, 0.25) is 0 Å². The summed E-state index contributed by atoms with van der Waals surface area (Å²) < 4.78 is 28.1. The fourth-order valence-electron chi connectivity index (χ4n) is 6.61. The van der Waals surface area contributed by atoms with E-state index in [2.05, 4.69) is 137 Å². The Morgan fingerprint density at radius 2 is 0.811 bits per heavy atom. The first-order valence-corrected chi connectivity index (χ1v) is 19.1. The number of benzene rings is 5. The molecule has 6 heteroatoms. The number of ether oxygens (including phenoxy) is 5. The van der Waals surface area contributed by atoms with Crippen molar-refractivity contribution >= 4 is 38.2 Å². The van der Waals surface area contributed by atoms with Gasteiger partial charge in [0, 0.05) is 31.9 Å². The third-order valence-electron chi connectivity index (χ3n) is 9.16. The fourth-order valence-corrected chi connectivity index (χ4v) is 6.87. The van der Waals surface area contributed by atoms with Gasteiger partial charge in [-0.1, -0.05) is 125 Å². The van der Waals surface area contributed by atoms with Crippen molar-refractivity contribution in [2.24, 2.45) is 0 Å². The van der Waals surface area contributed by atoms with Crippen LogP contribution in [-0.4, -0.2) is 48.1 Å². The molecule has 5 rings (SSSR count). The first-order chi connectivity index (χ1) is 26.1. The van der Waals surface area contributed by atoms with E-state index in [1.165, 1.54) is 55.7 Å². The van der Waals surface area contributed by atoms with Crippen LogP contribution >= 0.6 is 15.9 Å². The van der Waals surface area contributed by atoms with Gasteiger partial charge in [-0.2, -0.15) is 0 Å². The minimum atomic E-state index is 0.314. The van der Waals surface area contributed by atoms with Crippen molar-refractivity contribution < 1.29 is 23.7 Å². The lowest BCUT2D eigenvalue weighted by Crippen LogP contribution is -2.01. The maximum Gasteiger partial charge on any atom is 0.146 e. The van der Waals surface area contributed by atoms with Crippen LogP contribution in [0.3, 0.4) is 0 Å². The van der Waals surface area contributed by atoms with Gasteiger partial charge in [-0.15, -0.1) is 0 Å². The SMILES string of the molecule is COCOCCCC/C(=C(\c1ccccc1)c1ccc(Br)cc1)c1ccc(/C(=C(/CCCCOCOC)c2ccc(OC)cc2)c2ccccc2)cc1. The maximum absolute atomic E-state index is 5.65. The zero-order chi connectivity index (χ0) is 37.1. The quantitative estimate of drug-likeness (QED) is 0.0422. The second-order valence-corrected chi connectivity index (χ2v) is 13.7. The van der Waals surface area contributed by atoms with Crippen molar-refractivity contribution in [3.63, 3.8) is 0 Å². The van der Waals surface area contributed by atoms with E-state index in [9.17, 15) is 0 Å². The van der Waals surface area contributed by atoms with Crippen molar-refractivity contribution in [1.82, 2.24) is 0 Å². The summed E-state index contributed by atoms with van der Waals surface area (Å²) >= 11 is 3.65. The summed E-state index contributed by atoms with van der Waals surface area (Å²) in [7, 11) is 5.02. The van der Waals surface area contributed by atoms with Crippen LogP contribution in [0.25, 0.3) is 22.3 Å². The van der Waals surface area contributed by atoms with Crippen molar-refractivity contribution in [1.29, 1.82) is 0 Å². The highest BCUT2D eigenvalue weighted by Crippen LogP contribution is 2.39. The van der Waals surface area contributed by atoms with Crippen molar-refractivity contribution in [3.05, 3.63) is 171 Å². The molecule has 0 aliphatic rings. The molecule has 0 aliphatic heterocycles. The molecule has 0 spiro atoms. The van der Waals surface area contributed by atoms with Gasteiger partial charge in [0.25, 0.3) is 0 Å². The minimum Gasteiger partial charge on any atom is -0.497 e. The molecule has 0 saturated heterocycles. The largest absolute Gasteiger partial charge is 0.497 e. The van der Waals surface area contributed by atoms with E-state index in [1.807, 2.05) is 12.1 Å². The van der Waals surface area contributed by atoms with E-state index in [1.54, 1.807) is 21.3 Å². The van der Waals surface area contributed by atoms with Gasteiger partial charge in [0.15, 0.2) is 0 Å².